The third-order valence-corrected chi connectivity index (χ3v) is 5.35. The van der Waals surface area contributed by atoms with Crippen LogP contribution >= 0.6 is 12.2 Å². The molecule has 6 heteroatoms. The molecule has 27 heavy (non-hydrogen) atoms. The molecule has 4 rings (SSSR count). The molecule has 2 atom stereocenters. The van der Waals surface area contributed by atoms with Crippen molar-refractivity contribution in [1.29, 1.82) is 0 Å². The van der Waals surface area contributed by atoms with Gasteiger partial charge in [0.15, 0.2) is 5.11 Å². The van der Waals surface area contributed by atoms with E-state index in [0.717, 1.165) is 17.1 Å². The second-order valence-corrected chi connectivity index (χ2v) is 7.02. The van der Waals surface area contributed by atoms with E-state index in [1.54, 1.807) is 6.20 Å². The summed E-state index contributed by atoms with van der Waals surface area (Å²) in [6.45, 7) is 2.62. The van der Waals surface area contributed by atoms with E-state index in [1.165, 1.54) is 5.56 Å². The molecule has 1 fully saturated rings. The molecule has 3 heterocycles. The molecule has 0 aliphatic carbocycles. The first-order valence-electron chi connectivity index (χ1n) is 9.03. The molecule has 2 aromatic heterocycles. The number of pyridine rings is 1. The molecule has 1 aromatic carbocycles. The van der Waals surface area contributed by atoms with E-state index in [0.29, 0.717) is 11.7 Å². The Morgan fingerprint density at radius 2 is 1.93 bits per heavy atom. The standard InChI is InChI=1S/C21H22N4OS/c1-15-7-2-3-9-17(15)24-12-6-10-18(24)20-19(16-8-4-5-11-22-16)23-21(27)25(20)13-14-26/h2-12,19-20,26H,13-14H2,1H3,(H,23,27)/t19-,20+/m0/s1. The van der Waals surface area contributed by atoms with Gasteiger partial charge in [0.1, 0.15) is 0 Å². The highest BCUT2D eigenvalue weighted by Crippen LogP contribution is 2.39. The molecule has 1 aliphatic heterocycles. The van der Waals surface area contributed by atoms with Gasteiger partial charge in [-0.1, -0.05) is 24.3 Å². The van der Waals surface area contributed by atoms with Crippen LogP contribution in [0.15, 0.2) is 67.0 Å². The minimum atomic E-state index is -0.0806. The maximum absolute atomic E-state index is 9.60. The van der Waals surface area contributed by atoms with Gasteiger partial charge in [-0.15, -0.1) is 0 Å². The molecule has 0 bridgehead atoms. The first-order valence-corrected chi connectivity index (χ1v) is 9.43. The molecule has 5 nitrogen and oxygen atoms in total. The number of β-amino-alcohol motifs (C(OH)–C–C–N with tert-alkyl or cyclic N) is 1. The van der Waals surface area contributed by atoms with Gasteiger partial charge in [-0.25, -0.2) is 0 Å². The van der Waals surface area contributed by atoms with E-state index in [-0.39, 0.29) is 18.7 Å². The molecule has 0 spiro atoms. The molecule has 1 saturated heterocycles. The van der Waals surface area contributed by atoms with Crippen LogP contribution in [0.2, 0.25) is 0 Å². The van der Waals surface area contributed by atoms with Crippen LogP contribution < -0.4 is 5.32 Å². The first kappa shape index (κ1) is 17.7. The number of aromatic nitrogens is 2. The lowest BCUT2D eigenvalue weighted by molar-refractivity contribution is 0.220. The molecule has 0 unspecified atom stereocenters. The van der Waals surface area contributed by atoms with Gasteiger partial charge in [0.2, 0.25) is 0 Å². The lowest BCUT2D eigenvalue weighted by Crippen LogP contribution is -2.33. The van der Waals surface area contributed by atoms with Gasteiger partial charge < -0.3 is 19.9 Å². The summed E-state index contributed by atoms with van der Waals surface area (Å²) in [6, 6.07) is 18.3. The highest BCUT2D eigenvalue weighted by Gasteiger charge is 2.40. The molecule has 2 N–H and O–H groups in total. The van der Waals surface area contributed by atoms with Gasteiger partial charge in [-0.3, -0.25) is 4.98 Å². The fraction of sp³-hybridized carbons (Fsp3) is 0.238. The fourth-order valence-corrected chi connectivity index (χ4v) is 4.10. The Morgan fingerprint density at radius 3 is 2.67 bits per heavy atom. The number of aliphatic hydroxyl groups excluding tert-OH is 1. The van der Waals surface area contributed by atoms with Gasteiger partial charge in [0.25, 0.3) is 0 Å². The largest absolute Gasteiger partial charge is 0.395 e. The van der Waals surface area contributed by atoms with Crippen LogP contribution in [0, 0.1) is 6.92 Å². The number of aryl methyl sites for hydroxylation is 1. The Morgan fingerprint density at radius 1 is 1.11 bits per heavy atom. The predicted octanol–water partition coefficient (Wildman–Crippen LogP) is 3.15. The lowest BCUT2D eigenvalue weighted by Gasteiger charge is -2.28. The molecule has 138 valence electrons. The summed E-state index contributed by atoms with van der Waals surface area (Å²) in [6.07, 6.45) is 3.87. The zero-order valence-electron chi connectivity index (χ0n) is 15.1. The summed E-state index contributed by atoms with van der Waals surface area (Å²) in [7, 11) is 0. The van der Waals surface area contributed by atoms with Gasteiger partial charge in [-0.2, -0.15) is 0 Å². The SMILES string of the molecule is Cc1ccccc1-n1cccc1[C@@H]1[C@H](c2ccccn2)NC(=S)N1CCO. The Balaban J connectivity index is 1.83. The fourth-order valence-electron chi connectivity index (χ4n) is 3.76. The Kier molecular flexibility index (Phi) is 4.92. The molecule has 0 radical (unpaired) electrons. The van der Waals surface area contributed by atoms with Crippen molar-refractivity contribution in [2.24, 2.45) is 0 Å². The van der Waals surface area contributed by atoms with Crippen molar-refractivity contribution in [2.75, 3.05) is 13.2 Å². The van der Waals surface area contributed by atoms with Gasteiger partial charge in [0, 0.05) is 30.3 Å². The van der Waals surface area contributed by atoms with E-state index >= 15 is 0 Å². The molecule has 0 saturated carbocycles. The number of nitrogens with zero attached hydrogens (tertiary/aromatic N) is 3. The Bertz CT molecular complexity index is 940. The topological polar surface area (TPSA) is 53.3 Å². The van der Waals surface area contributed by atoms with E-state index in [4.69, 9.17) is 12.2 Å². The van der Waals surface area contributed by atoms with Crippen molar-refractivity contribution in [3.8, 4) is 5.69 Å². The quantitative estimate of drug-likeness (QED) is 0.668. The van der Waals surface area contributed by atoms with Crippen LogP contribution in [0.5, 0.6) is 0 Å². The van der Waals surface area contributed by atoms with E-state index < -0.39 is 0 Å². The summed E-state index contributed by atoms with van der Waals surface area (Å²) in [5.41, 5.74) is 4.38. The van der Waals surface area contributed by atoms with Crippen molar-refractivity contribution >= 4 is 17.3 Å². The average Bonchev–Trinajstić information content (AvgIpc) is 3.28. The minimum Gasteiger partial charge on any atom is -0.395 e. The smallest absolute Gasteiger partial charge is 0.170 e. The van der Waals surface area contributed by atoms with Crippen LogP contribution in [0.1, 0.15) is 29.0 Å². The first-order chi connectivity index (χ1) is 13.2. The number of para-hydroxylation sites is 1. The minimum absolute atomic E-state index is 0.0400. The van der Waals surface area contributed by atoms with Crippen molar-refractivity contribution in [3.05, 3.63) is 83.9 Å². The molecular formula is C21H22N4OS. The number of hydrogen-bond donors (Lipinski definition) is 2. The highest BCUT2D eigenvalue weighted by atomic mass is 32.1. The maximum Gasteiger partial charge on any atom is 0.170 e. The summed E-state index contributed by atoms with van der Waals surface area (Å²) < 4.78 is 2.20. The van der Waals surface area contributed by atoms with Crippen molar-refractivity contribution in [3.63, 3.8) is 0 Å². The predicted molar refractivity (Wildman–Crippen MR) is 110 cm³/mol. The number of thiocarbonyl (C=S) groups is 1. The number of aliphatic hydroxyl groups is 1. The number of rotatable bonds is 5. The second kappa shape index (κ2) is 7.50. The van der Waals surface area contributed by atoms with E-state index in [9.17, 15) is 5.11 Å². The molecule has 3 aromatic rings. The monoisotopic (exact) mass is 378 g/mol. The summed E-state index contributed by atoms with van der Waals surface area (Å²) in [4.78, 5) is 6.60. The second-order valence-electron chi connectivity index (χ2n) is 6.63. The Labute approximate surface area is 164 Å². The van der Waals surface area contributed by atoms with Crippen molar-refractivity contribution in [1.82, 2.24) is 19.8 Å². The van der Waals surface area contributed by atoms with Gasteiger partial charge in [0.05, 0.1) is 24.4 Å². The Hall–Kier alpha value is -2.70. The lowest BCUT2D eigenvalue weighted by atomic mass is 10.0. The van der Waals surface area contributed by atoms with E-state index in [2.05, 4.69) is 57.2 Å². The maximum atomic E-state index is 9.60. The summed E-state index contributed by atoms with van der Waals surface area (Å²) >= 11 is 5.59. The zero-order chi connectivity index (χ0) is 18.8. The number of benzene rings is 1. The molecular weight excluding hydrogens is 356 g/mol. The third-order valence-electron chi connectivity index (χ3n) is 5.00. The normalized spacial score (nSPS) is 19.3. The van der Waals surface area contributed by atoms with Crippen molar-refractivity contribution in [2.45, 2.75) is 19.0 Å². The van der Waals surface area contributed by atoms with Crippen molar-refractivity contribution < 1.29 is 5.11 Å². The third kappa shape index (κ3) is 3.22. The number of nitrogens with one attached hydrogen (secondary N) is 1. The summed E-state index contributed by atoms with van der Waals surface area (Å²) in [5, 5.41) is 13.6. The average molecular weight is 379 g/mol. The molecule has 1 aliphatic rings. The van der Waals surface area contributed by atoms with Crippen LogP contribution in [-0.2, 0) is 0 Å². The van der Waals surface area contributed by atoms with Crippen LogP contribution in [0.25, 0.3) is 5.69 Å². The zero-order valence-corrected chi connectivity index (χ0v) is 15.9. The van der Waals surface area contributed by atoms with Crippen LogP contribution in [0.3, 0.4) is 0 Å². The molecule has 0 amide bonds. The van der Waals surface area contributed by atoms with Gasteiger partial charge in [-0.05, 0) is 55.0 Å². The van der Waals surface area contributed by atoms with Crippen LogP contribution in [-0.4, -0.2) is 37.8 Å². The van der Waals surface area contributed by atoms with E-state index in [1.807, 2.05) is 30.3 Å². The van der Waals surface area contributed by atoms with Crippen LogP contribution in [0.4, 0.5) is 0 Å². The highest BCUT2D eigenvalue weighted by molar-refractivity contribution is 7.80. The summed E-state index contributed by atoms with van der Waals surface area (Å²) in [5.74, 6) is 0. The number of hydrogen-bond acceptors (Lipinski definition) is 3. The van der Waals surface area contributed by atoms with Gasteiger partial charge >= 0.3 is 0 Å².